The molecule has 1 N–H and O–H groups in total. The third kappa shape index (κ3) is 2.33. The lowest BCUT2D eigenvalue weighted by Gasteiger charge is -2.49. The van der Waals surface area contributed by atoms with Crippen LogP contribution in [0.4, 0.5) is 0 Å². The molecule has 0 aliphatic carbocycles. The minimum absolute atomic E-state index is 0.266. The van der Waals surface area contributed by atoms with E-state index in [0.717, 1.165) is 32.8 Å². The zero-order valence-electron chi connectivity index (χ0n) is 9.72. The molecule has 0 aromatic carbocycles. The van der Waals surface area contributed by atoms with Gasteiger partial charge in [-0.2, -0.15) is 0 Å². The summed E-state index contributed by atoms with van der Waals surface area (Å²) in [6.45, 7) is 9.39. The van der Waals surface area contributed by atoms with Gasteiger partial charge < -0.3 is 9.84 Å². The molecule has 0 bridgehead atoms. The van der Waals surface area contributed by atoms with Gasteiger partial charge in [0.15, 0.2) is 0 Å². The fourth-order valence-electron chi connectivity index (χ4n) is 2.66. The van der Waals surface area contributed by atoms with Gasteiger partial charge in [0.1, 0.15) is 0 Å². The molecule has 2 rings (SSSR count). The second-order valence-electron chi connectivity index (χ2n) is 4.85. The van der Waals surface area contributed by atoms with Gasteiger partial charge in [-0.3, -0.25) is 9.80 Å². The first-order chi connectivity index (χ1) is 7.22. The minimum Gasteiger partial charge on any atom is -0.395 e. The molecule has 15 heavy (non-hydrogen) atoms. The minimum atomic E-state index is 0.266. The Kier molecular flexibility index (Phi) is 3.61. The maximum Gasteiger partial charge on any atom is 0.0634 e. The van der Waals surface area contributed by atoms with Crippen LogP contribution in [0.1, 0.15) is 13.8 Å². The normalized spacial score (nSPS) is 34.4. The average Bonchev–Trinajstić information content (AvgIpc) is 2.27. The number of morpholine rings is 1. The molecule has 0 aromatic rings. The molecule has 0 spiro atoms. The van der Waals surface area contributed by atoms with Gasteiger partial charge in [0, 0.05) is 37.8 Å². The Bertz CT molecular complexity index is 211. The molecule has 0 aromatic heterocycles. The van der Waals surface area contributed by atoms with Crippen molar-refractivity contribution < 1.29 is 9.84 Å². The average molecular weight is 214 g/mol. The SMILES string of the molecule is CC(C)N1CC2COCCN2C[C@H]1CO. The largest absolute Gasteiger partial charge is 0.395 e. The summed E-state index contributed by atoms with van der Waals surface area (Å²) in [6.07, 6.45) is 0. The summed E-state index contributed by atoms with van der Waals surface area (Å²) in [5.41, 5.74) is 0. The van der Waals surface area contributed by atoms with Crippen LogP contribution in [0.3, 0.4) is 0 Å². The van der Waals surface area contributed by atoms with E-state index in [1.165, 1.54) is 0 Å². The van der Waals surface area contributed by atoms with E-state index < -0.39 is 0 Å². The molecule has 2 saturated heterocycles. The lowest BCUT2D eigenvalue weighted by atomic mass is 10.0. The summed E-state index contributed by atoms with van der Waals surface area (Å²) in [7, 11) is 0. The Labute approximate surface area is 91.8 Å². The van der Waals surface area contributed by atoms with Crippen molar-refractivity contribution in [2.24, 2.45) is 0 Å². The molecule has 0 radical (unpaired) electrons. The number of aliphatic hydroxyl groups excluding tert-OH is 1. The summed E-state index contributed by atoms with van der Waals surface area (Å²) >= 11 is 0. The Morgan fingerprint density at radius 3 is 2.87 bits per heavy atom. The van der Waals surface area contributed by atoms with Crippen molar-refractivity contribution in [2.45, 2.75) is 32.0 Å². The Hall–Kier alpha value is -0.160. The number of rotatable bonds is 2. The van der Waals surface area contributed by atoms with E-state index in [1.807, 2.05) is 0 Å². The zero-order valence-corrected chi connectivity index (χ0v) is 9.72. The third-order valence-corrected chi connectivity index (χ3v) is 3.56. The van der Waals surface area contributed by atoms with Crippen LogP contribution in [-0.4, -0.2) is 72.5 Å². The molecular weight excluding hydrogens is 192 g/mol. The molecule has 1 unspecified atom stereocenters. The van der Waals surface area contributed by atoms with Crippen molar-refractivity contribution in [3.63, 3.8) is 0 Å². The number of aliphatic hydroxyl groups is 1. The summed E-state index contributed by atoms with van der Waals surface area (Å²) in [4.78, 5) is 4.86. The highest BCUT2D eigenvalue weighted by atomic mass is 16.5. The van der Waals surface area contributed by atoms with Gasteiger partial charge in [0.2, 0.25) is 0 Å². The molecule has 0 saturated carbocycles. The Balaban J connectivity index is 2.02. The Morgan fingerprint density at radius 2 is 2.20 bits per heavy atom. The van der Waals surface area contributed by atoms with Crippen molar-refractivity contribution in [1.82, 2.24) is 9.80 Å². The van der Waals surface area contributed by atoms with Gasteiger partial charge in [0.25, 0.3) is 0 Å². The van der Waals surface area contributed by atoms with Gasteiger partial charge >= 0.3 is 0 Å². The van der Waals surface area contributed by atoms with Gasteiger partial charge in [0.05, 0.1) is 19.8 Å². The van der Waals surface area contributed by atoms with E-state index >= 15 is 0 Å². The Morgan fingerprint density at radius 1 is 1.40 bits per heavy atom. The molecule has 88 valence electrons. The molecule has 2 aliphatic heterocycles. The van der Waals surface area contributed by atoms with Crippen molar-refractivity contribution in [2.75, 3.05) is 39.5 Å². The lowest BCUT2D eigenvalue weighted by molar-refractivity contribution is -0.0796. The van der Waals surface area contributed by atoms with Crippen LogP contribution in [-0.2, 0) is 4.74 Å². The summed E-state index contributed by atoms with van der Waals surface area (Å²) in [5.74, 6) is 0. The number of nitrogens with zero attached hydrogens (tertiary/aromatic N) is 2. The van der Waals surface area contributed by atoms with E-state index in [0.29, 0.717) is 18.1 Å². The summed E-state index contributed by atoms with van der Waals surface area (Å²) < 4.78 is 5.51. The molecule has 0 amide bonds. The van der Waals surface area contributed by atoms with Crippen molar-refractivity contribution in [1.29, 1.82) is 0 Å². The van der Waals surface area contributed by atoms with Crippen molar-refractivity contribution >= 4 is 0 Å². The van der Waals surface area contributed by atoms with E-state index in [9.17, 15) is 5.11 Å². The second kappa shape index (κ2) is 4.78. The van der Waals surface area contributed by atoms with E-state index in [2.05, 4.69) is 23.6 Å². The molecule has 4 nitrogen and oxygen atoms in total. The van der Waals surface area contributed by atoms with Crippen LogP contribution in [0.2, 0.25) is 0 Å². The number of ether oxygens (including phenoxy) is 1. The van der Waals surface area contributed by atoms with Gasteiger partial charge in [-0.05, 0) is 13.8 Å². The molecular formula is C11H22N2O2. The molecule has 2 heterocycles. The maximum atomic E-state index is 9.40. The molecule has 4 heteroatoms. The summed E-state index contributed by atoms with van der Waals surface area (Å²) in [5, 5.41) is 9.40. The van der Waals surface area contributed by atoms with Gasteiger partial charge in [-0.25, -0.2) is 0 Å². The molecule has 2 fully saturated rings. The first kappa shape index (κ1) is 11.3. The highest BCUT2D eigenvalue weighted by Crippen LogP contribution is 2.20. The number of hydrogen-bond acceptors (Lipinski definition) is 4. The van der Waals surface area contributed by atoms with Crippen LogP contribution in [0, 0.1) is 0 Å². The third-order valence-electron chi connectivity index (χ3n) is 3.56. The predicted molar refractivity (Wildman–Crippen MR) is 58.9 cm³/mol. The van der Waals surface area contributed by atoms with Crippen LogP contribution >= 0.6 is 0 Å². The predicted octanol–water partition coefficient (Wildman–Crippen LogP) is -0.228. The van der Waals surface area contributed by atoms with Crippen LogP contribution < -0.4 is 0 Å². The standard InChI is InChI=1S/C11H22N2O2/c1-9(2)13-6-11-8-15-4-3-12(11)5-10(13)7-14/h9-11,14H,3-8H2,1-2H3/t10-,11?/m0/s1. The highest BCUT2D eigenvalue weighted by Gasteiger charge is 2.35. The number of hydrogen-bond donors (Lipinski definition) is 1. The molecule has 2 aliphatic rings. The first-order valence-electron chi connectivity index (χ1n) is 5.90. The van der Waals surface area contributed by atoms with Crippen molar-refractivity contribution in [3.8, 4) is 0 Å². The van der Waals surface area contributed by atoms with E-state index in [4.69, 9.17) is 4.74 Å². The van der Waals surface area contributed by atoms with Crippen LogP contribution in [0.25, 0.3) is 0 Å². The fourth-order valence-corrected chi connectivity index (χ4v) is 2.66. The lowest BCUT2D eigenvalue weighted by Crippen LogP contribution is -2.64. The second-order valence-corrected chi connectivity index (χ2v) is 4.85. The zero-order chi connectivity index (χ0) is 10.8. The quantitative estimate of drug-likeness (QED) is 0.689. The maximum absolute atomic E-state index is 9.40. The van der Waals surface area contributed by atoms with Crippen molar-refractivity contribution in [3.05, 3.63) is 0 Å². The smallest absolute Gasteiger partial charge is 0.0634 e. The van der Waals surface area contributed by atoms with Gasteiger partial charge in [-0.15, -0.1) is 0 Å². The van der Waals surface area contributed by atoms with Crippen LogP contribution in [0.15, 0.2) is 0 Å². The first-order valence-corrected chi connectivity index (χ1v) is 5.90. The highest BCUT2D eigenvalue weighted by molar-refractivity contribution is 4.91. The monoisotopic (exact) mass is 214 g/mol. The fraction of sp³-hybridized carbons (Fsp3) is 1.00. The van der Waals surface area contributed by atoms with Gasteiger partial charge in [-0.1, -0.05) is 0 Å². The van der Waals surface area contributed by atoms with E-state index in [1.54, 1.807) is 0 Å². The number of fused-ring (bicyclic) bond motifs is 1. The van der Waals surface area contributed by atoms with Crippen LogP contribution in [0.5, 0.6) is 0 Å². The number of piperazine rings is 1. The topological polar surface area (TPSA) is 35.9 Å². The summed E-state index contributed by atoms with van der Waals surface area (Å²) in [6, 6.07) is 1.34. The van der Waals surface area contributed by atoms with E-state index in [-0.39, 0.29) is 6.61 Å². The molecule has 2 atom stereocenters.